The third-order valence-electron chi connectivity index (χ3n) is 5.68. The maximum Gasteiger partial charge on any atom is 0.259 e. The van der Waals surface area contributed by atoms with Crippen molar-refractivity contribution >= 4 is 16.3 Å². The second-order valence-corrected chi connectivity index (χ2v) is 9.70. The van der Waals surface area contributed by atoms with Crippen LogP contribution in [-0.2, 0) is 25.9 Å². The summed E-state index contributed by atoms with van der Waals surface area (Å²) in [6.07, 6.45) is 4.40. The van der Waals surface area contributed by atoms with Crippen molar-refractivity contribution in [2.24, 2.45) is 5.92 Å². The third kappa shape index (κ3) is 4.77. The molecular weight excluding hydrogens is 410 g/mol. The highest BCUT2D eigenvalue weighted by atomic mass is 32.1. The molecule has 1 aliphatic carbocycles. The third-order valence-corrected chi connectivity index (χ3v) is 6.82. The van der Waals surface area contributed by atoms with Crippen molar-refractivity contribution in [1.82, 2.24) is 14.3 Å². The van der Waals surface area contributed by atoms with Gasteiger partial charge in [-0.1, -0.05) is 19.9 Å². The lowest BCUT2D eigenvalue weighted by atomic mass is 10.0. The summed E-state index contributed by atoms with van der Waals surface area (Å²) in [6.45, 7) is 6.72. The topological polar surface area (TPSA) is 56.1 Å². The van der Waals surface area contributed by atoms with E-state index in [-0.39, 0.29) is 5.56 Å². The number of hydrogen-bond acceptors (Lipinski definition) is 6. The van der Waals surface area contributed by atoms with Gasteiger partial charge in [-0.2, -0.15) is 0 Å². The van der Waals surface area contributed by atoms with Gasteiger partial charge in [-0.3, -0.25) is 14.1 Å². The van der Waals surface area contributed by atoms with Gasteiger partial charge in [-0.05, 0) is 49.3 Å². The second kappa shape index (κ2) is 9.40. The van der Waals surface area contributed by atoms with Crippen molar-refractivity contribution < 1.29 is 9.47 Å². The number of benzene rings is 1. The minimum Gasteiger partial charge on any atom is -0.493 e. The Bertz CT molecular complexity index is 1120. The van der Waals surface area contributed by atoms with Crippen molar-refractivity contribution in [3.05, 3.63) is 56.4 Å². The van der Waals surface area contributed by atoms with Crippen LogP contribution in [0.4, 0.5) is 0 Å². The molecule has 3 aromatic rings. The zero-order valence-corrected chi connectivity index (χ0v) is 19.6. The molecule has 0 N–H and O–H groups in total. The molecule has 0 saturated carbocycles. The van der Waals surface area contributed by atoms with E-state index in [1.807, 2.05) is 16.5 Å². The molecule has 7 heteroatoms. The van der Waals surface area contributed by atoms with Gasteiger partial charge in [0.15, 0.2) is 16.5 Å². The summed E-state index contributed by atoms with van der Waals surface area (Å²) >= 11 is 1.68. The van der Waals surface area contributed by atoms with Crippen molar-refractivity contribution in [2.45, 2.75) is 52.6 Å². The Labute approximate surface area is 187 Å². The first-order valence-electron chi connectivity index (χ1n) is 10.9. The molecule has 0 amide bonds. The fourth-order valence-corrected chi connectivity index (χ4v) is 5.62. The monoisotopic (exact) mass is 441 g/mol. The van der Waals surface area contributed by atoms with Crippen LogP contribution in [0.5, 0.6) is 11.5 Å². The van der Waals surface area contributed by atoms with E-state index in [2.05, 4.69) is 24.8 Å². The van der Waals surface area contributed by atoms with Crippen LogP contribution < -0.4 is 15.0 Å². The first kappa shape index (κ1) is 21.8. The smallest absolute Gasteiger partial charge is 0.259 e. The Morgan fingerprint density at radius 1 is 1.10 bits per heavy atom. The van der Waals surface area contributed by atoms with Gasteiger partial charge in [-0.15, -0.1) is 11.3 Å². The highest BCUT2D eigenvalue weighted by Gasteiger charge is 2.19. The number of aromatic nitrogens is 2. The molecule has 0 atom stereocenters. The van der Waals surface area contributed by atoms with E-state index in [1.54, 1.807) is 31.6 Å². The number of thiazole rings is 1. The van der Waals surface area contributed by atoms with Crippen LogP contribution >= 0.6 is 11.3 Å². The molecule has 0 aliphatic heterocycles. The molecule has 0 saturated heterocycles. The summed E-state index contributed by atoms with van der Waals surface area (Å²) in [6, 6.07) is 7.74. The van der Waals surface area contributed by atoms with Crippen molar-refractivity contribution in [2.75, 3.05) is 20.8 Å². The lowest BCUT2D eigenvalue weighted by Gasteiger charge is -2.24. The summed E-state index contributed by atoms with van der Waals surface area (Å²) in [5.74, 6) is 1.95. The maximum atomic E-state index is 12.9. The Hall–Kier alpha value is -2.38. The minimum atomic E-state index is 0.0509. The van der Waals surface area contributed by atoms with E-state index < -0.39 is 0 Å². The van der Waals surface area contributed by atoms with Crippen LogP contribution in [0, 0.1) is 5.92 Å². The summed E-state index contributed by atoms with van der Waals surface area (Å²) in [4.78, 5) is 22.3. The van der Waals surface area contributed by atoms with Gasteiger partial charge in [-0.25, -0.2) is 4.98 Å². The average molecular weight is 442 g/mol. The van der Waals surface area contributed by atoms with E-state index in [4.69, 9.17) is 14.5 Å². The zero-order valence-electron chi connectivity index (χ0n) is 18.8. The lowest BCUT2D eigenvalue weighted by molar-refractivity contribution is 0.224. The van der Waals surface area contributed by atoms with Gasteiger partial charge < -0.3 is 9.47 Å². The van der Waals surface area contributed by atoms with Gasteiger partial charge in [0.2, 0.25) is 0 Å². The SMILES string of the molecule is COc1ccc(CN(Cc2cc(=O)n3c4c(sc3n2)CCCC4)CC(C)C)cc1OC. The maximum absolute atomic E-state index is 12.9. The van der Waals surface area contributed by atoms with E-state index in [1.165, 1.54) is 17.0 Å². The molecule has 0 unspecified atom stereocenters. The first-order valence-corrected chi connectivity index (χ1v) is 11.8. The number of ether oxygens (including phenoxy) is 2. The van der Waals surface area contributed by atoms with Gasteiger partial charge in [0.05, 0.1) is 19.9 Å². The van der Waals surface area contributed by atoms with Gasteiger partial charge in [0.25, 0.3) is 5.56 Å². The van der Waals surface area contributed by atoms with E-state index in [0.717, 1.165) is 60.1 Å². The molecule has 0 fully saturated rings. The molecule has 6 nitrogen and oxygen atoms in total. The van der Waals surface area contributed by atoms with Crippen molar-refractivity contribution in [3.8, 4) is 11.5 Å². The normalized spacial score (nSPS) is 13.7. The molecule has 166 valence electrons. The molecule has 1 aliphatic rings. The highest BCUT2D eigenvalue weighted by molar-refractivity contribution is 7.17. The molecule has 2 aromatic heterocycles. The van der Waals surface area contributed by atoms with Crippen molar-refractivity contribution in [3.63, 3.8) is 0 Å². The number of methoxy groups -OCH3 is 2. The molecular formula is C24H31N3O3S. The van der Waals surface area contributed by atoms with E-state index in [9.17, 15) is 4.79 Å². The predicted octanol–water partition coefficient (Wildman–Crippen LogP) is 4.31. The summed E-state index contributed by atoms with van der Waals surface area (Å²) in [7, 11) is 3.30. The lowest BCUT2D eigenvalue weighted by Crippen LogP contribution is -2.28. The molecule has 31 heavy (non-hydrogen) atoms. The quantitative estimate of drug-likeness (QED) is 0.521. The number of nitrogens with zero attached hydrogens (tertiary/aromatic N) is 3. The van der Waals surface area contributed by atoms with Crippen molar-refractivity contribution in [1.29, 1.82) is 0 Å². The van der Waals surface area contributed by atoms with Crippen LogP contribution in [0.15, 0.2) is 29.1 Å². The summed E-state index contributed by atoms with van der Waals surface area (Å²) in [5, 5.41) is 0. The molecule has 0 spiro atoms. The minimum absolute atomic E-state index is 0.0509. The highest BCUT2D eigenvalue weighted by Crippen LogP contribution is 2.29. The van der Waals surface area contributed by atoms with Crippen LogP contribution in [0.3, 0.4) is 0 Å². The molecule has 1 aromatic carbocycles. The fraction of sp³-hybridized carbons (Fsp3) is 0.500. The van der Waals surface area contributed by atoms with E-state index in [0.29, 0.717) is 12.5 Å². The molecule has 4 rings (SSSR count). The Kier molecular flexibility index (Phi) is 6.62. The Morgan fingerprint density at radius 2 is 1.87 bits per heavy atom. The first-order chi connectivity index (χ1) is 15.0. The Balaban J connectivity index is 1.60. The summed E-state index contributed by atoms with van der Waals surface area (Å²) < 4.78 is 12.7. The molecule has 2 heterocycles. The Morgan fingerprint density at radius 3 is 2.61 bits per heavy atom. The molecule has 0 bridgehead atoms. The van der Waals surface area contributed by atoms with Gasteiger partial charge in [0, 0.05) is 36.3 Å². The second-order valence-electron chi connectivity index (χ2n) is 8.64. The van der Waals surface area contributed by atoms with Crippen LogP contribution in [0.25, 0.3) is 4.96 Å². The van der Waals surface area contributed by atoms with Gasteiger partial charge in [0.1, 0.15) is 0 Å². The number of fused-ring (bicyclic) bond motifs is 3. The van der Waals surface area contributed by atoms with E-state index >= 15 is 0 Å². The molecule has 0 radical (unpaired) electrons. The van der Waals surface area contributed by atoms with Crippen LogP contribution in [-0.4, -0.2) is 35.0 Å². The standard InChI is InChI=1S/C24H31N3O3S/c1-16(2)13-26(14-17-9-10-20(29-3)21(11-17)30-4)15-18-12-23(28)27-19-7-5-6-8-22(19)31-24(27)25-18/h9-12,16H,5-8,13-15H2,1-4H3. The zero-order chi connectivity index (χ0) is 22.0. The fourth-order valence-electron chi connectivity index (χ4n) is 4.39. The number of aryl methyl sites for hydroxylation is 2. The predicted molar refractivity (Wildman–Crippen MR) is 124 cm³/mol. The number of hydrogen-bond donors (Lipinski definition) is 0. The van der Waals surface area contributed by atoms with Gasteiger partial charge >= 0.3 is 0 Å². The van der Waals surface area contributed by atoms with Crippen LogP contribution in [0.1, 0.15) is 48.5 Å². The van der Waals surface area contributed by atoms with Crippen LogP contribution in [0.2, 0.25) is 0 Å². The largest absolute Gasteiger partial charge is 0.493 e. The summed E-state index contributed by atoms with van der Waals surface area (Å²) in [5.41, 5.74) is 3.21. The average Bonchev–Trinajstić information content (AvgIpc) is 3.11. The number of rotatable bonds is 8.